The Bertz CT molecular complexity index is 1440. The van der Waals surface area contributed by atoms with Gasteiger partial charge < -0.3 is 19.5 Å². The Labute approximate surface area is 204 Å². The van der Waals surface area contributed by atoms with Crippen molar-refractivity contribution in [3.05, 3.63) is 89.1 Å². The number of carboxylic acids is 2. The van der Waals surface area contributed by atoms with E-state index in [4.69, 9.17) is 4.74 Å². The van der Waals surface area contributed by atoms with Crippen LogP contribution in [0.15, 0.2) is 66.7 Å². The van der Waals surface area contributed by atoms with Crippen LogP contribution in [0.5, 0.6) is 11.5 Å². The maximum Gasteiger partial charge on any atom is 0.416 e. The lowest BCUT2D eigenvalue weighted by atomic mass is 10.0. The van der Waals surface area contributed by atoms with Crippen LogP contribution in [0.1, 0.15) is 46.9 Å². The number of carboxylic acid groups (broad SMARTS) is 2. The Morgan fingerprint density at radius 3 is 2.06 bits per heavy atom. The first-order chi connectivity index (χ1) is 17.0. The molecule has 186 valence electrons. The molecule has 0 spiro atoms. The van der Waals surface area contributed by atoms with Crippen LogP contribution in [-0.2, 0) is 17.4 Å². The summed E-state index contributed by atoms with van der Waals surface area (Å²) in [7, 11) is 0. The van der Waals surface area contributed by atoms with Gasteiger partial charge in [0.15, 0.2) is 0 Å². The first-order valence-electron chi connectivity index (χ1n) is 11.0. The Hall–Kier alpha value is -4.27. The molecule has 6 nitrogen and oxygen atoms in total. The molecule has 0 atom stereocenters. The highest BCUT2D eigenvalue weighted by Gasteiger charge is 2.30. The van der Waals surface area contributed by atoms with Crippen LogP contribution in [0.25, 0.3) is 16.6 Å². The lowest BCUT2D eigenvalue weighted by molar-refractivity contribution is -0.138. The summed E-state index contributed by atoms with van der Waals surface area (Å²) in [6.45, 7) is 4.08. The summed E-state index contributed by atoms with van der Waals surface area (Å²) < 4.78 is 45.8. The molecule has 1 aromatic heterocycles. The maximum absolute atomic E-state index is 12.8. The van der Waals surface area contributed by atoms with Crippen LogP contribution < -0.4 is 4.74 Å². The molecule has 0 saturated heterocycles. The van der Waals surface area contributed by atoms with Crippen LogP contribution in [0.4, 0.5) is 13.2 Å². The summed E-state index contributed by atoms with van der Waals surface area (Å²) in [6, 6.07) is 16.1. The first-order valence-corrected chi connectivity index (χ1v) is 11.0. The third-order valence-electron chi connectivity index (χ3n) is 5.80. The Kier molecular flexibility index (Phi) is 6.49. The van der Waals surface area contributed by atoms with Crippen LogP contribution in [0.3, 0.4) is 0 Å². The zero-order chi connectivity index (χ0) is 26.2. The minimum atomic E-state index is -4.48. The fourth-order valence-corrected chi connectivity index (χ4v) is 4.09. The van der Waals surface area contributed by atoms with Gasteiger partial charge in [-0.2, -0.15) is 13.2 Å². The minimum Gasteiger partial charge on any atom is -0.481 e. The zero-order valence-electron chi connectivity index (χ0n) is 19.3. The number of fused-ring (bicyclic) bond motifs is 1. The van der Waals surface area contributed by atoms with Crippen LogP contribution >= 0.6 is 0 Å². The molecular weight excluding hydrogens is 475 g/mol. The molecule has 2 N–H and O–H groups in total. The summed E-state index contributed by atoms with van der Waals surface area (Å²) in [5.74, 6) is -1.90. The number of benzene rings is 3. The van der Waals surface area contributed by atoms with Crippen molar-refractivity contribution < 1.29 is 37.7 Å². The number of aromatic carboxylic acids is 1. The van der Waals surface area contributed by atoms with E-state index < -0.39 is 30.1 Å². The standard InChI is InChI=1S/C27H22F3NO5/c1-15(2)16-3-7-18(8-4-16)31-22-12-11-20(36-19-9-5-17(6-10-19)27(28,29)30)13-21(22)25(26(34)35)23(31)14-24(32)33/h3-13,15H,14H2,1-2H3,(H,32,33)(H,34,35). The van der Waals surface area contributed by atoms with E-state index in [9.17, 15) is 33.0 Å². The van der Waals surface area contributed by atoms with Gasteiger partial charge in [-0.05, 0) is 66.1 Å². The molecule has 3 aromatic carbocycles. The summed E-state index contributed by atoms with van der Waals surface area (Å²) in [4.78, 5) is 23.9. The summed E-state index contributed by atoms with van der Waals surface area (Å²) in [6.07, 6.45) is -5.01. The molecule has 36 heavy (non-hydrogen) atoms. The number of rotatable bonds is 7. The maximum atomic E-state index is 12.8. The van der Waals surface area contributed by atoms with Gasteiger partial charge in [0.05, 0.1) is 23.1 Å². The molecule has 1 heterocycles. The molecule has 0 unspecified atom stereocenters. The predicted octanol–water partition coefficient (Wildman–Crippen LogP) is 6.89. The van der Waals surface area contributed by atoms with Crippen molar-refractivity contribution >= 4 is 22.8 Å². The predicted molar refractivity (Wildman–Crippen MR) is 127 cm³/mol. The van der Waals surface area contributed by atoms with E-state index in [2.05, 4.69) is 0 Å². The molecule has 0 aliphatic heterocycles. The number of ether oxygens (including phenoxy) is 1. The van der Waals surface area contributed by atoms with Crippen LogP contribution in [-0.4, -0.2) is 26.7 Å². The van der Waals surface area contributed by atoms with Gasteiger partial charge in [0, 0.05) is 16.8 Å². The third kappa shape index (κ3) is 4.91. The molecule has 9 heteroatoms. The van der Waals surface area contributed by atoms with E-state index >= 15 is 0 Å². The molecule has 0 aliphatic carbocycles. The SMILES string of the molecule is CC(C)c1ccc(-n2c(CC(=O)O)c(C(=O)O)c3cc(Oc4ccc(C(F)(F)F)cc4)ccc32)cc1. The fourth-order valence-electron chi connectivity index (χ4n) is 4.09. The normalized spacial score (nSPS) is 11.7. The fraction of sp³-hybridized carbons (Fsp3) is 0.185. The molecule has 0 fully saturated rings. The molecule has 4 aromatic rings. The molecular formula is C27H22F3NO5. The third-order valence-corrected chi connectivity index (χ3v) is 5.80. The highest BCUT2D eigenvalue weighted by atomic mass is 19.4. The van der Waals surface area contributed by atoms with Crippen LogP contribution in [0.2, 0.25) is 0 Å². The number of hydrogen-bond donors (Lipinski definition) is 2. The summed E-state index contributed by atoms with van der Waals surface area (Å²) in [5.41, 5.74) is 1.22. The number of alkyl halides is 3. The van der Waals surface area contributed by atoms with Crippen LogP contribution in [0, 0.1) is 0 Å². The second-order valence-corrected chi connectivity index (χ2v) is 8.58. The number of hydrogen-bond acceptors (Lipinski definition) is 3. The Balaban J connectivity index is 1.84. The van der Waals surface area contributed by atoms with Crippen molar-refractivity contribution in [2.24, 2.45) is 0 Å². The van der Waals surface area contributed by atoms with Gasteiger partial charge in [-0.3, -0.25) is 4.79 Å². The zero-order valence-corrected chi connectivity index (χ0v) is 19.3. The minimum absolute atomic E-state index is 0.0916. The molecule has 0 radical (unpaired) electrons. The average molecular weight is 497 g/mol. The topological polar surface area (TPSA) is 88.8 Å². The second-order valence-electron chi connectivity index (χ2n) is 8.58. The van der Waals surface area contributed by atoms with Gasteiger partial charge in [-0.15, -0.1) is 0 Å². The number of halogens is 3. The van der Waals surface area contributed by atoms with Crippen molar-refractivity contribution in [1.82, 2.24) is 4.57 Å². The van der Waals surface area contributed by atoms with E-state index in [1.165, 1.54) is 18.2 Å². The van der Waals surface area contributed by atoms with Crippen molar-refractivity contribution in [3.8, 4) is 17.2 Å². The van der Waals surface area contributed by atoms with Gasteiger partial charge in [0.25, 0.3) is 0 Å². The Morgan fingerprint density at radius 2 is 1.53 bits per heavy atom. The van der Waals surface area contributed by atoms with E-state index in [-0.39, 0.29) is 34.1 Å². The van der Waals surface area contributed by atoms with E-state index in [1.54, 1.807) is 28.8 Å². The van der Waals surface area contributed by atoms with Gasteiger partial charge in [0.1, 0.15) is 11.5 Å². The van der Waals surface area contributed by atoms with Gasteiger partial charge in [-0.25, -0.2) is 4.79 Å². The molecule has 4 rings (SSSR count). The lowest BCUT2D eigenvalue weighted by Crippen LogP contribution is -2.11. The summed E-state index contributed by atoms with van der Waals surface area (Å²) in [5, 5.41) is 19.7. The van der Waals surface area contributed by atoms with Crippen molar-refractivity contribution in [2.75, 3.05) is 0 Å². The Morgan fingerprint density at radius 1 is 0.917 bits per heavy atom. The second kappa shape index (κ2) is 9.41. The first kappa shape index (κ1) is 24.8. The monoisotopic (exact) mass is 497 g/mol. The van der Waals surface area contributed by atoms with E-state index in [0.717, 1.165) is 17.7 Å². The highest BCUT2D eigenvalue weighted by molar-refractivity contribution is 6.07. The van der Waals surface area contributed by atoms with Crippen molar-refractivity contribution in [1.29, 1.82) is 0 Å². The highest BCUT2D eigenvalue weighted by Crippen LogP contribution is 2.36. The number of aliphatic carboxylic acids is 1. The molecule has 0 amide bonds. The molecule has 0 aliphatic rings. The largest absolute Gasteiger partial charge is 0.481 e. The van der Waals surface area contributed by atoms with Gasteiger partial charge >= 0.3 is 18.1 Å². The smallest absolute Gasteiger partial charge is 0.416 e. The quantitative estimate of drug-likeness (QED) is 0.290. The lowest BCUT2D eigenvalue weighted by Gasteiger charge is -2.13. The number of aromatic nitrogens is 1. The number of carbonyl (C=O) groups is 2. The number of nitrogens with zero attached hydrogens (tertiary/aromatic N) is 1. The van der Waals surface area contributed by atoms with E-state index in [0.29, 0.717) is 11.2 Å². The molecule has 0 bridgehead atoms. The molecule has 0 saturated carbocycles. The summed E-state index contributed by atoms with van der Waals surface area (Å²) >= 11 is 0. The van der Waals surface area contributed by atoms with Crippen molar-refractivity contribution in [3.63, 3.8) is 0 Å². The van der Waals surface area contributed by atoms with Crippen molar-refractivity contribution in [2.45, 2.75) is 32.4 Å². The average Bonchev–Trinajstić information content (AvgIpc) is 3.11. The van der Waals surface area contributed by atoms with E-state index in [1.807, 2.05) is 26.0 Å². The van der Waals surface area contributed by atoms with Gasteiger partial charge in [-0.1, -0.05) is 26.0 Å². The van der Waals surface area contributed by atoms with Gasteiger partial charge in [0.2, 0.25) is 0 Å².